The van der Waals surface area contributed by atoms with Crippen LogP contribution in [0, 0.1) is 0 Å². The van der Waals surface area contributed by atoms with E-state index in [1.54, 1.807) is 48.7 Å². The number of hydrogen-bond donors (Lipinski definition) is 2. The number of hydrogen-bond acceptors (Lipinski definition) is 6. The second kappa shape index (κ2) is 18.4. The van der Waals surface area contributed by atoms with Crippen molar-refractivity contribution in [2.24, 2.45) is 0 Å². The van der Waals surface area contributed by atoms with Crippen molar-refractivity contribution < 1.29 is 22.8 Å². The summed E-state index contributed by atoms with van der Waals surface area (Å²) in [6.45, 7) is 2.70. The van der Waals surface area contributed by atoms with Crippen molar-refractivity contribution in [3.8, 4) is 0 Å². The summed E-state index contributed by atoms with van der Waals surface area (Å²) in [7, 11) is 0. The second-order valence-electron chi connectivity index (χ2n) is 14.2. The van der Waals surface area contributed by atoms with Crippen LogP contribution >= 0.6 is 58.0 Å². The first kappa shape index (κ1) is 42.6. The molecular weight excluding hydrogens is 867 g/mol. The van der Waals surface area contributed by atoms with Crippen LogP contribution in [0.1, 0.15) is 52.0 Å². The highest BCUT2D eigenvalue weighted by Crippen LogP contribution is 2.35. The van der Waals surface area contributed by atoms with Crippen LogP contribution < -0.4 is 20.4 Å². The highest BCUT2D eigenvalue weighted by Gasteiger charge is 2.31. The summed E-state index contributed by atoms with van der Waals surface area (Å²) in [5, 5.41) is 11.2. The van der Waals surface area contributed by atoms with E-state index >= 15 is 0 Å². The summed E-state index contributed by atoms with van der Waals surface area (Å²) in [5.41, 5.74) is 0.0174. The van der Waals surface area contributed by atoms with Gasteiger partial charge in [-0.1, -0.05) is 82.3 Å². The molecule has 8 rings (SSSR count). The summed E-state index contributed by atoms with van der Waals surface area (Å²) in [6.07, 6.45) is 1.90. The van der Waals surface area contributed by atoms with E-state index in [9.17, 15) is 22.8 Å². The van der Waals surface area contributed by atoms with Gasteiger partial charge in [0.25, 0.3) is 11.8 Å². The zero-order valence-electron chi connectivity index (χ0n) is 31.2. The van der Waals surface area contributed by atoms with E-state index in [0.29, 0.717) is 68.7 Å². The van der Waals surface area contributed by atoms with Crippen molar-refractivity contribution in [2.45, 2.75) is 43.9 Å². The number of pyridine rings is 2. The molecule has 2 aliphatic rings. The van der Waals surface area contributed by atoms with Crippen LogP contribution in [0.15, 0.2) is 97.3 Å². The Kier molecular flexibility index (Phi) is 13.3. The number of alkyl halides is 3. The van der Waals surface area contributed by atoms with Crippen molar-refractivity contribution in [2.75, 3.05) is 36.0 Å². The predicted molar refractivity (Wildman–Crippen MR) is 232 cm³/mol. The topological polar surface area (TPSA) is 90.5 Å². The predicted octanol–water partition coefficient (Wildman–Crippen LogP) is 11.6. The molecule has 4 heterocycles. The lowest BCUT2D eigenvalue weighted by Gasteiger charge is -2.34. The number of rotatable bonds is 6. The van der Waals surface area contributed by atoms with E-state index in [2.05, 4.69) is 25.5 Å². The second-order valence-corrected chi connectivity index (χ2v) is 16.2. The van der Waals surface area contributed by atoms with Crippen LogP contribution in [0.3, 0.4) is 0 Å². The van der Waals surface area contributed by atoms with Crippen LogP contribution in [-0.4, -0.2) is 60.0 Å². The first-order valence-corrected chi connectivity index (χ1v) is 20.7. The monoisotopic (exact) mass is 900 g/mol. The molecule has 59 heavy (non-hydrogen) atoms. The maximum atomic E-state index is 13.2. The van der Waals surface area contributed by atoms with Gasteiger partial charge in [0.1, 0.15) is 11.6 Å². The summed E-state index contributed by atoms with van der Waals surface area (Å²) < 4.78 is 39.5. The van der Waals surface area contributed by atoms with Gasteiger partial charge in [0.15, 0.2) is 0 Å². The molecule has 2 aliphatic heterocycles. The Bertz CT molecular complexity index is 2510. The minimum absolute atomic E-state index is 0.0809. The fourth-order valence-corrected chi connectivity index (χ4v) is 8.26. The number of carbonyl (C=O) groups excluding carboxylic acids is 2. The first-order chi connectivity index (χ1) is 28.3. The average Bonchev–Trinajstić information content (AvgIpc) is 3.22. The number of benzene rings is 4. The minimum Gasteiger partial charge on any atom is -0.356 e. The van der Waals surface area contributed by atoms with Gasteiger partial charge in [-0.05, 0) is 97.1 Å². The van der Waals surface area contributed by atoms with Gasteiger partial charge in [0, 0.05) is 66.5 Å². The number of carbonyl (C=O) groups is 2. The molecule has 2 aromatic heterocycles. The molecule has 306 valence electrons. The van der Waals surface area contributed by atoms with Crippen LogP contribution in [0.4, 0.5) is 24.8 Å². The van der Waals surface area contributed by atoms with Gasteiger partial charge in [-0.2, -0.15) is 13.2 Å². The molecule has 2 N–H and O–H groups in total. The standard InChI is InChI=1S/C22H18Cl2F3N3O.C21H18Cl3N3O/c23-18-3-1-2-16(19(18)24)21(31)29-15-7-10-30(11-8-15)20-17-12-14(22(25,26)27)5-4-13(17)6-9-28-20;22-14-5-4-13-6-9-25-20(17(13)12-14)27-10-7-15(8-11-27)26-21(28)16-2-1-3-18(23)19(16)24/h1-6,9,12,15H,7-8,10-11H2,(H,29,31);1-6,9,12,15H,7-8,10-11H2,(H,26,28). The highest BCUT2D eigenvalue weighted by atomic mass is 35.5. The van der Waals surface area contributed by atoms with Gasteiger partial charge in [-0.3, -0.25) is 9.59 Å². The van der Waals surface area contributed by atoms with Gasteiger partial charge >= 0.3 is 6.18 Å². The largest absolute Gasteiger partial charge is 0.416 e. The number of anilines is 2. The maximum absolute atomic E-state index is 13.2. The fraction of sp³-hybridized carbons (Fsp3) is 0.256. The zero-order chi connectivity index (χ0) is 41.8. The molecule has 0 spiro atoms. The van der Waals surface area contributed by atoms with E-state index in [1.807, 2.05) is 35.4 Å². The van der Waals surface area contributed by atoms with Gasteiger partial charge in [-0.25, -0.2) is 9.97 Å². The van der Waals surface area contributed by atoms with Gasteiger partial charge in [0.05, 0.1) is 36.8 Å². The van der Waals surface area contributed by atoms with Crippen LogP contribution in [0.25, 0.3) is 21.5 Å². The van der Waals surface area contributed by atoms with E-state index in [0.717, 1.165) is 54.7 Å². The number of fused-ring (bicyclic) bond motifs is 2. The highest BCUT2D eigenvalue weighted by molar-refractivity contribution is 6.44. The summed E-state index contributed by atoms with van der Waals surface area (Å²) >= 11 is 30.4. The van der Waals surface area contributed by atoms with E-state index in [-0.39, 0.29) is 33.9 Å². The molecule has 0 atom stereocenters. The fourth-order valence-electron chi connectivity index (χ4n) is 7.31. The minimum atomic E-state index is -4.42. The van der Waals surface area contributed by atoms with E-state index < -0.39 is 11.7 Å². The molecule has 16 heteroatoms. The lowest BCUT2D eigenvalue weighted by molar-refractivity contribution is -0.137. The van der Waals surface area contributed by atoms with Crippen molar-refractivity contribution in [3.63, 3.8) is 0 Å². The van der Waals surface area contributed by atoms with E-state index in [4.69, 9.17) is 58.0 Å². The third-order valence-corrected chi connectivity index (χ3v) is 12.3. The SMILES string of the molecule is O=C(NC1CCN(c2nccc3ccc(C(F)(F)F)cc23)CC1)c1cccc(Cl)c1Cl.O=C(NC1CCN(c2nccc3ccc(Cl)cc23)CC1)c1cccc(Cl)c1Cl. The Labute approximate surface area is 363 Å². The molecule has 6 aromatic rings. The Morgan fingerprint density at radius 3 is 1.49 bits per heavy atom. The van der Waals surface area contributed by atoms with Crippen LogP contribution in [-0.2, 0) is 6.18 Å². The number of piperidine rings is 2. The summed E-state index contributed by atoms with van der Waals surface area (Å²) in [4.78, 5) is 38.2. The molecule has 2 saturated heterocycles. The molecule has 0 saturated carbocycles. The molecular formula is C43H36Cl5F3N6O2. The van der Waals surface area contributed by atoms with Crippen molar-refractivity contribution in [1.82, 2.24) is 20.6 Å². The quantitative estimate of drug-likeness (QED) is 0.173. The summed E-state index contributed by atoms with van der Waals surface area (Å²) in [6, 6.07) is 23.2. The molecule has 0 unspecified atom stereocenters. The Hall–Kier alpha value is -4.52. The number of aromatic nitrogens is 2. The number of nitrogens with zero attached hydrogens (tertiary/aromatic N) is 4. The van der Waals surface area contributed by atoms with Gasteiger partial charge in [0.2, 0.25) is 0 Å². The molecule has 0 bridgehead atoms. The lowest BCUT2D eigenvalue weighted by Crippen LogP contribution is -2.45. The van der Waals surface area contributed by atoms with Crippen LogP contribution in [0.5, 0.6) is 0 Å². The molecule has 2 fully saturated rings. The number of amides is 2. The average molecular weight is 903 g/mol. The third-order valence-electron chi connectivity index (χ3n) is 10.4. The molecule has 0 aliphatic carbocycles. The van der Waals surface area contributed by atoms with Gasteiger partial charge in [-0.15, -0.1) is 0 Å². The van der Waals surface area contributed by atoms with E-state index in [1.165, 1.54) is 6.07 Å². The Morgan fingerprint density at radius 2 is 1.03 bits per heavy atom. The number of nitrogens with one attached hydrogen (secondary N) is 2. The number of halogens is 8. The summed E-state index contributed by atoms with van der Waals surface area (Å²) in [5.74, 6) is 0.957. The smallest absolute Gasteiger partial charge is 0.356 e. The van der Waals surface area contributed by atoms with Crippen molar-refractivity contribution >= 4 is 103 Å². The maximum Gasteiger partial charge on any atom is 0.416 e. The molecule has 2 amide bonds. The van der Waals surface area contributed by atoms with Crippen molar-refractivity contribution in [3.05, 3.63) is 139 Å². The van der Waals surface area contributed by atoms with Crippen LogP contribution in [0.2, 0.25) is 25.1 Å². The molecule has 0 radical (unpaired) electrons. The van der Waals surface area contributed by atoms with Crippen molar-refractivity contribution in [1.29, 1.82) is 0 Å². The Morgan fingerprint density at radius 1 is 0.593 bits per heavy atom. The Balaban J connectivity index is 0.000000180. The molecule has 4 aromatic carbocycles. The lowest BCUT2D eigenvalue weighted by atomic mass is 10.0. The first-order valence-electron chi connectivity index (χ1n) is 18.8. The molecule has 8 nitrogen and oxygen atoms in total. The van der Waals surface area contributed by atoms with Gasteiger partial charge < -0.3 is 20.4 Å². The third kappa shape index (κ3) is 9.93. The normalized spacial score (nSPS) is 15.2. The zero-order valence-corrected chi connectivity index (χ0v) is 35.0.